The first-order chi connectivity index (χ1) is 16.9. The lowest BCUT2D eigenvalue weighted by atomic mass is 9.98. The van der Waals surface area contributed by atoms with Crippen molar-refractivity contribution in [2.45, 2.75) is 31.7 Å². The molecule has 180 valence electrons. The van der Waals surface area contributed by atoms with E-state index in [9.17, 15) is 19.5 Å². The molecular formula is C27H25IN2O5. The Hall–Kier alpha value is -3.40. The molecule has 8 heteroatoms. The van der Waals surface area contributed by atoms with Crippen molar-refractivity contribution in [2.75, 3.05) is 11.9 Å². The summed E-state index contributed by atoms with van der Waals surface area (Å²) >= 11 is 2.04. The van der Waals surface area contributed by atoms with Crippen LogP contribution in [0.2, 0.25) is 0 Å². The summed E-state index contributed by atoms with van der Waals surface area (Å²) in [4.78, 5) is 36.6. The van der Waals surface area contributed by atoms with Crippen LogP contribution >= 0.6 is 22.6 Å². The Morgan fingerprint density at radius 3 is 2.23 bits per heavy atom. The van der Waals surface area contributed by atoms with E-state index in [1.54, 1.807) is 12.1 Å². The highest BCUT2D eigenvalue weighted by Crippen LogP contribution is 2.44. The molecule has 4 rings (SSSR count). The molecular weight excluding hydrogens is 559 g/mol. The maximum absolute atomic E-state index is 12.6. The van der Waals surface area contributed by atoms with E-state index >= 15 is 0 Å². The second kappa shape index (κ2) is 10.9. The third kappa shape index (κ3) is 5.64. The summed E-state index contributed by atoms with van der Waals surface area (Å²) in [7, 11) is 0. The minimum absolute atomic E-state index is 0.0584. The quantitative estimate of drug-likeness (QED) is 0.298. The normalized spacial score (nSPS) is 12.9. The fraction of sp³-hybridized carbons (Fsp3) is 0.222. The van der Waals surface area contributed by atoms with Crippen LogP contribution in [0.15, 0.2) is 66.7 Å². The van der Waals surface area contributed by atoms with Gasteiger partial charge < -0.3 is 15.2 Å². The highest BCUT2D eigenvalue weighted by Gasteiger charge is 2.29. The van der Waals surface area contributed by atoms with E-state index in [0.29, 0.717) is 22.1 Å². The van der Waals surface area contributed by atoms with E-state index in [2.05, 4.69) is 34.9 Å². The predicted molar refractivity (Wildman–Crippen MR) is 142 cm³/mol. The summed E-state index contributed by atoms with van der Waals surface area (Å²) in [6.07, 6.45) is 0.322. The van der Waals surface area contributed by atoms with Gasteiger partial charge in [0.25, 0.3) is 5.91 Å². The van der Waals surface area contributed by atoms with Crippen LogP contribution in [0.1, 0.15) is 47.2 Å². The van der Waals surface area contributed by atoms with Crippen LogP contribution in [-0.2, 0) is 9.53 Å². The molecule has 1 aliphatic rings. The molecule has 0 saturated heterocycles. The Morgan fingerprint density at radius 1 is 1.00 bits per heavy atom. The summed E-state index contributed by atoms with van der Waals surface area (Å²) in [5, 5.41) is 14.5. The number of amides is 2. The number of aliphatic carboxylic acids is 1. The lowest BCUT2D eigenvalue weighted by molar-refractivity contribution is -0.139. The van der Waals surface area contributed by atoms with Crippen LogP contribution in [0.25, 0.3) is 11.1 Å². The minimum Gasteiger partial charge on any atom is -0.480 e. The highest BCUT2D eigenvalue weighted by atomic mass is 127. The van der Waals surface area contributed by atoms with Crippen LogP contribution in [0, 0.1) is 3.57 Å². The van der Waals surface area contributed by atoms with Gasteiger partial charge in [0.05, 0.1) is 0 Å². The summed E-state index contributed by atoms with van der Waals surface area (Å²) in [5.41, 5.74) is 5.18. The maximum Gasteiger partial charge on any atom is 0.411 e. The van der Waals surface area contributed by atoms with Crippen LogP contribution in [0.3, 0.4) is 0 Å². The van der Waals surface area contributed by atoms with Gasteiger partial charge >= 0.3 is 12.1 Å². The van der Waals surface area contributed by atoms with Crippen LogP contribution in [0.4, 0.5) is 10.5 Å². The number of benzene rings is 3. The molecule has 0 radical (unpaired) electrons. The van der Waals surface area contributed by atoms with Gasteiger partial charge in [-0.2, -0.15) is 0 Å². The van der Waals surface area contributed by atoms with E-state index in [1.807, 2.05) is 53.8 Å². The van der Waals surface area contributed by atoms with Crippen molar-refractivity contribution in [2.24, 2.45) is 0 Å². The molecule has 0 aliphatic heterocycles. The first-order valence-electron chi connectivity index (χ1n) is 11.3. The molecule has 0 aromatic heterocycles. The lowest BCUT2D eigenvalue weighted by Gasteiger charge is -2.16. The van der Waals surface area contributed by atoms with Crippen molar-refractivity contribution >= 4 is 46.2 Å². The monoisotopic (exact) mass is 584 g/mol. The molecule has 35 heavy (non-hydrogen) atoms. The number of rotatable bonds is 8. The molecule has 0 saturated carbocycles. The van der Waals surface area contributed by atoms with Crippen molar-refractivity contribution in [1.82, 2.24) is 5.32 Å². The van der Waals surface area contributed by atoms with Gasteiger partial charge in [0.1, 0.15) is 12.6 Å². The number of carbonyl (C=O) groups excluding carboxylic acids is 2. The number of fused-ring (bicyclic) bond motifs is 3. The molecule has 3 N–H and O–H groups in total. The molecule has 3 aromatic carbocycles. The largest absolute Gasteiger partial charge is 0.480 e. The number of carboxylic acid groups (broad SMARTS) is 1. The number of anilines is 1. The van der Waals surface area contributed by atoms with Crippen molar-refractivity contribution in [3.8, 4) is 11.1 Å². The standard InChI is InChI=1S/C27H25IN2O5/c1-2-7-24(26(32)33)30-25(31)16-12-17(28)14-18(13-16)29-27(34)35-15-23-21-10-5-3-8-19(21)20-9-4-6-11-22(20)23/h3-6,8-14,23-24H,2,7,15H2,1H3,(H,29,34)(H,30,31)(H,32,33)/t24-/m1/s1. The van der Waals surface area contributed by atoms with E-state index in [0.717, 1.165) is 22.3 Å². The molecule has 7 nitrogen and oxygen atoms in total. The minimum atomic E-state index is -1.08. The van der Waals surface area contributed by atoms with Gasteiger partial charge in [-0.25, -0.2) is 9.59 Å². The lowest BCUT2D eigenvalue weighted by Crippen LogP contribution is -2.40. The molecule has 3 aromatic rings. The average molecular weight is 584 g/mol. The zero-order valence-corrected chi connectivity index (χ0v) is 21.2. The number of halogens is 1. The molecule has 0 fully saturated rings. The van der Waals surface area contributed by atoms with Gasteiger partial charge in [0.2, 0.25) is 0 Å². The van der Waals surface area contributed by atoms with Crippen molar-refractivity contribution < 1.29 is 24.2 Å². The van der Waals surface area contributed by atoms with Crippen LogP contribution < -0.4 is 10.6 Å². The number of hydrogen-bond donors (Lipinski definition) is 3. The smallest absolute Gasteiger partial charge is 0.411 e. The first kappa shape index (κ1) is 24.7. The Labute approximate surface area is 217 Å². The SMILES string of the molecule is CCC[C@@H](NC(=O)c1cc(I)cc(NC(=O)OCC2c3ccccc3-c3ccccc32)c1)C(=O)O. The molecule has 0 bridgehead atoms. The van der Waals surface area contributed by atoms with Gasteiger partial charge in [0, 0.05) is 20.7 Å². The zero-order chi connectivity index (χ0) is 24.9. The van der Waals surface area contributed by atoms with E-state index in [1.165, 1.54) is 6.07 Å². The average Bonchev–Trinajstić information content (AvgIpc) is 3.15. The second-order valence-corrected chi connectivity index (χ2v) is 9.58. The fourth-order valence-corrected chi connectivity index (χ4v) is 5.00. The van der Waals surface area contributed by atoms with E-state index in [4.69, 9.17) is 4.74 Å². The Morgan fingerprint density at radius 2 is 1.63 bits per heavy atom. The topological polar surface area (TPSA) is 105 Å². The summed E-state index contributed by atoms with van der Waals surface area (Å²) in [5.74, 6) is -1.65. The predicted octanol–water partition coefficient (Wildman–Crippen LogP) is 5.64. The summed E-state index contributed by atoms with van der Waals surface area (Å²) in [6.45, 7) is 2.03. The van der Waals surface area contributed by atoms with Crippen molar-refractivity contribution in [1.29, 1.82) is 0 Å². The Kier molecular flexibility index (Phi) is 7.70. The number of carbonyl (C=O) groups is 3. The third-order valence-electron chi connectivity index (χ3n) is 5.93. The molecule has 1 aliphatic carbocycles. The Balaban J connectivity index is 1.43. The second-order valence-electron chi connectivity index (χ2n) is 8.33. The number of nitrogens with one attached hydrogen (secondary N) is 2. The van der Waals surface area contributed by atoms with Crippen LogP contribution in [-0.4, -0.2) is 35.7 Å². The van der Waals surface area contributed by atoms with Gasteiger partial charge in [-0.05, 0) is 69.5 Å². The van der Waals surface area contributed by atoms with Gasteiger partial charge in [-0.15, -0.1) is 0 Å². The van der Waals surface area contributed by atoms with Crippen molar-refractivity contribution in [3.05, 3.63) is 87.0 Å². The van der Waals surface area contributed by atoms with Gasteiger partial charge in [0.15, 0.2) is 0 Å². The van der Waals surface area contributed by atoms with Crippen LogP contribution in [0.5, 0.6) is 0 Å². The molecule has 2 amide bonds. The zero-order valence-electron chi connectivity index (χ0n) is 19.1. The highest BCUT2D eigenvalue weighted by molar-refractivity contribution is 14.1. The summed E-state index contributed by atoms with van der Waals surface area (Å²) in [6, 6.07) is 20.1. The fourth-order valence-electron chi connectivity index (χ4n) is 4.33. The molecule has 0 spiro atoms. The molecule has 1 atom stereocenters. The van der Waals surface area contributed by atoms with Gasteiger partial charge in [-0.1, -0.05) is 61.9 Å². The first-order valence-corrected chi connectivity index (χ1v) is 12.4. The molecule has 0 heterocycles. The maximum atomic E-state index is 12.6. The number of ether oxygens (including phenoxy) is 1. The molecule has 0 unspecified atom stereocenters. The Bertz CT molecular complexity index is 1230. The van der Waals surface area contributed by atoms with E-state index in [-0.39, 0.29) is 18.1 Å². The third-order valence-corrected chi connectivity index (χ3v) is 6.55. The van der Waals surface area contributed by atoms with E-state index < -0.39 is 24.0 Å². The van der Waals surface area contributed by atoms with Crippen molar-refractivity contribution in [3.63, 3.8) is 0 Å². The number of carboxylic acids is 1. The number of hydrogen-bond acceptors (Lipinski definition) is 4. The summed E-state index contributed by atoms with van der Waals surface area (Å²) < 4.78 is 6.30. The van der Waals surface area contributed by atoms with Gasteiger partial charge in [-0.3, -0.25) is 10.1 Å².